The van der Waals surface area contributed by atoms with Crippen LogP contribution in [0.15, 0.2) is 36.4 Å². The Kier molecular flexibility index (Phi) is 2.84. The molecule has 0 aliphatic carbocycles. The highest BCUT2D eigenvalue weighted by atomic mass is 35.5. The number of rotatable bonds is 1. The topological polar surface area (TPSA) is 15.8 Å². The zero-order chi connectivity index (χ0) is 10.8. The molecular weight excluding hydrogens is 233 g/mol. The molecule has 1 N–H and O–H groups in total. The number of halogens is 2. The van der Waals surface area contributed by atoms with Crippen LogP contribution in [0.2, 0.25) is 5.02 Å². The molecule has 1 aromatic heterocycles. The highest BCUT2D eigenvalue weighted by Crippen LogP contribution is 2.26. The third-order valence-corrected chi connectivity index (χ3v) is 2.55. The second kappa shape index (κ2) is 4.13. The summed E-state index contributed by atoms with van der Waals surface area (Å²) in [6.07, 6.45) is 0. The smallest absolute Gasteiger partial charge is 0.123 e. The first kappa shape index (κ1) is 10.3. The number of aromatic amines is 1. The summed E-state index contributed by atoms with van der Waals surface area (Å²) in [5, 5.41) is 0.494. The third-order valence-electron chi connectivity index (χ3n) is 1.99. The maximum absolute atomic E-state index is 13.0. The number of aromatic nitrogens is 1. The van der Waals surface area contributed by atoms with Gasteiger partial charge < -0.3 is 4.98 Å². The summed E-state index contributed by atoms with van der Waals surface area (Å²) in [6, 6.07) is 9.58. The lowest BCUT2D eigenvalue weighted by Crippen LogP contribution is -1.86. The summed E-state index contributed by atoms with van der Waals surface area (Å²) in [6.45, 7) is 0. The van der Waals surface area contributed by atoms with E-state index in [2.05, 4.69) is 4.98 Å². The van der Waals surface area contributed by atoms with Crippen LogP contribution in [0.3, 0.4) is 0 Å². The van der Waals surface area contributed by atoms with E-state index in [1.807, 2.05) is 0 Å². The first-order valence-corrected chi connectivity index (χ1v) is 5.10. The molecule has 0 saturated heterocycles. The zero-order valence-electron chi connectivity index (χ0n) is 7.63. The van der Waals surface area contributed by atoms with Crippen molar-refractivity contribution in [1.29, 1.82) is 0 Å². The molecule has 4 heteroatoms. The third kappa shape index (κ3) is 2.25. The summed E-state index contributed by atoms with van der Waals surface area (Å²) in [5.74, 6) is -0.322. The SMILES string of the molecule is Fc1ccc(Cl)c(-c2cccc(=S)[nH]2)c1. The molecule has 0 unspecified atom stereocenters. The Hall–Kier alpha value is -1.19. The number of pyridine rings is 1. The molecule has 1 heterocycles. The fourth-order valence-electron chi connectivity index (χ4n) is 1.31. The molecule has 0 aliphatic heterocycles. The van der Waals surface area contributed by atoms with Crippen molar-refractivity contribution in [1.82, 2.24) is 4.98 Å². The van der Waals surface area contributed by atoms with Gasteiger partial charge in [0.15, 0.2) is 0 Å². The minimum atomic E-state index is -0.322. The summed E-state index contributed by atoms with van der Waals surface area (Å²) in [5.41, 5.74) is 1.33. The molecule has 2 aromatic rings. The highest BCUT2D eigenvalue weighted by molar-refractivity contribution is 7.71. The van der Waals surface area contributed by atoms with Gasteiger partial charge in [-0.1, -0.05) is 29.9 Å². The van der Waals surface area contributed by atoms with Crippen molar-refractivity contribution >= 4 is 23.8 Å². The van der Waals surface area contributed by atoms with E-state index in [1.165, 1.54) is 18.2 Å². The van der Waals surface area contributed by atoms with Crippen LogP contribution in [0.4, 0.5) is 4.39 Å². The zero-order valence-corrected chi connectivity index (χ0v) is 9.20. The van der Waals surface area contributed by atoms with E-state index < -0.39 is 0 Å². The first-order valence-electron chi connectivity index (χ1n) is 4.31. The standard InChI is InChI=1S/C11H7ClFNS/c12-9-5-4-7(13)6-8(9)10-2-1-3-11(15)14-10/h1-6H,(H,14,15). The van der Waals surface area contributed by atoms with Crippen molar-refractivity contribution in [3.63, 3.8) is 0 Å². The highest BCUT2D eigenvalue weighted by Gasteiger charge is 2.04. The Balaban J connectivity index is 2.63. The molecule has 0 aliphatic rings. The van der Waals surface area contributed by atoms with Crippen LogP contribution in [-0.2, 0) is 0 Å². The van der Waals surface area contributed by atoms with E-state index in [0.717, 1.165) is 0 Å². The second-order valence-corrected chi connectivity index (χ2v) is 3.90. The minimum absolute atomic E-state index is 0.322. The number of hydrogen-bond donors (Lipinski definition) is 1. The quantitative estimate of drug-likeness (QED) is 0.738. The van der Waals surface area contributed by atoms with E-state index >= 15 is 0 Å². The largest absolute Gasteiger partial charge is 0.346 e. The molecule has 0 atom stereocenters. The monoisotopic (exact) mass is 239 g/mol. The number of H-pyrrole nitrogens is 1. The van der Waals surface area contributed by atoms with Gasteiger partial charge in [0.25, 0.3) is 0 Å². The van der Waals surface area contributed by atoms with E-state index in [-0.39, 0.29) is 5.82 Å². The molecule has 0 amide bonds. The van der Waals surface area contributed by atoms with Gasteiger partial charge in [0, 0.05) is 11.3 Å². The van der Waals surface area contributed by atoms with Crippen molar-refractivity contribution in [2.75, 3.05) is 0 Å². The lowest BCUT2D eigenvalue weighted by molar-refractivity contribution is 0.628. The van der Waals surface area contributed by atoms with Gasteiger partial charge in [-0.2, -0.15) is 0 Å². The van der Waals surface area contributed by atoms with E-state index in [4.69, 9.17) is 23.8 Å². The predicted octanol–water partition coefficient (Wildman–Crippen LogP) is 4.20. The van der Waals surface area contributed by atoms with Crippen molar-refractivity contribution < 1.29 is 4.39 Å². The van der Waals surface area contributed by atoms with Crippen LogP contribution in [0.25, 0.3) is 11.3 Å². The van der Waals surface area contributed by atoms with E-state index in [1.54, 1.807) is 18.2 Å². The molecular formula is C11H7ClFNS. The summed E-state index contributed by atoms with van der Waals surface area (Å²) < 4.78 is 13.6. The van der Waals surface area contributed by atoms with Crippen LogP contribution >= 0.6 is 23.8 Å². The molecule has 1 aromatic carbocycles. The average molecular weight is 240 g/mol. The molecule has 2 rings (SSSR count). The predicted molar refractivity (Wildman–Crippen MR) is 62.0 cm³/mol. The number of hydrogen-bond acceptors (Lipinski definition) is 1. The molecule has 0 saturated carbocycles. The summed E-state index contributed by atoms with van der Waals surface area (Å²) in [4.78, 5) is 2.96. The van der Waals surface area contributed by atoms with Gasteiger partial charge in [-0.15, -0.1) is 0 Å². The fourth-order valence-corrected chi connectivity index (χ4v) is 1.72. The average Bonchev–Trinajstić information content (AvgIpc) is 2.22. The first-order chi connectivity index (χ1) is 7.16. The number of nitrogens with one attached hydrogen (secondary N) is 1. The molecule has 0 spiro atoms. The fraction of sp³-hybridized carbons (Fsp3) is 0. The lowest BCUT2D eigenvalue weighted by Gasteiger charge is -2.04. The van der Waals surface area contributed by atoms with Crippen molar-refractivity contribution in [3.8, 4) is 11.3 Å². The van der Waals surface area contributed by atoms with Crippen LogP contribution in [0.5, 0.6) is 0 Å². The lowest BCUT2D eigenvalue weighted by atomic mass is 10.1. The van der Waals surface area contributed by atoms with Gasteiger partial charge >= 0.3 is 0 Å². The summed E-state index contributed by atoms with van der Waals surface area (Å²) in [7, 11) is 0. The molecule has 15 heavy (non-hydrogen) atoms. The molecule has 0 bridgehead atoms. The minimum Gasteiger partial charge on any atom is -0.346 e. The van der Waals surface area contributed by atoms with Crippen molar-refractivity contribution in [2.24, 2.45) is 0 Å². The molecule has 0 radical (unpaired) electrons. The van der Waals surface area contributed by atoms with Crippen molar-refractivity contribution in [3.05, 3.63) is 51.9 Å². The maximum Gasteiger partial charge on any atom is 0.123 e. The van der Waals surface area contributed by atoms with Gasteiger partial charge in [0.2, 0.25) is 0 Å². The van der Waals surface area contributed by atoms with Gasteiger partial charge in [0.1, 0.15) is 10.5 Å². The summed E-state index contributed by atoms with van der Waals surface area (Å²) >= 11 is 10.9. The Morgan fingerprint density at radius 1 is 1.20 bits per heavy atom. The molecule has 0 fully saturated rings. The Labute approximate surface area is 96.5 Å². The Morgan fingerprint density at radius 2 is 2.00 bits per heavy atom. The molecule has 76 valence electrons. The van der Waals surface area contributed by atoms with Crippen LogP contribution in [0, 0.1) is 10.5 Å². The molecule has 1 nitrogen and oxygen atoms in total. The van der Waals surface area contributed by atoms with Gasteiger partial charge in [0.05, 0.1) is 5.02 Å². The van der Waals surface area contributed by atoms with Crippen LogP contribution in [0.1, 0.15) is 0 Å². The number of benzene rings is 1. The van der Waals surface area contributed by atoms with Crippen LogP contribution < -0.4 is 0 Å². The van der Waals surface area contributed by atoms with Gasteiger partial charge in [-0.3, -0.25) is 0 Å². The van der Waals surface area contributed by atoms with Gasteiger partial charge in [-0.05, 0) is 30.3 Å². The van der Waals surface area contributed by atoms with E-state index in [9.17, 15) is 4.39 Å². The maximum atomic E-state index is 13.0. The van der Waals surface area contributed by atoms with Crippen LogP contribution in [-0.4, -0.2) is 4.98 Å². The van der Waals surface area contributed by atoms with Gasteiger partial charge in [-0.25, -0.2) is 4.39 Å². The Bertz CT molecular complexity index is 550. The van der Waals surface area contributed by atoms with E-state index in [0.29, 0.717) is 20.9 Å². The Morgan fingerprint density at radius 3 is 2.73 bits per heavy atom. The normalized spacial score (nSPS) is 10.3. The van der Waals surface area contributed by atoms with Crippen molar-refractivity contribution in [2.45, 2.75) is 0 Å². The second-order valence-electron chi connectivity index (χ2n) is 3.05.